The molecule has 0 saturated heterocycles. The summed E-state index contributed by atoms with van der Waals surface area (Å²) in [7, 11) is 0. The average molecular weight is 397 g/mol. The van der Waals surface area contributed by atoms with Crippen molar-refractivity contribution in [3.63, 3.8) is 0 Å². The Morgan fingerprint density at radius 2 is 1.96 bits per heavy atom. The zero-order valence-corrected chi connectivity index (χ0v) is 15.4. The second-order valence-corrected chi connectivity index (χ2v) is 7.25. The Hall–Kier alpha value is -2.97. The Bertz CT molecular complexity index is 1130. The molecule has 0 atom stereocenters. The van der Waals surface area contributed by atoms with Gasteiger partial charge in [-0.05, 0) is 42.5 Å². The van der Waals surface area contributed by atoms with Gasteiger partial charge in [0.05, 0.1) is 16.8 Å². The highest BCUT2D eigenvalue weighted by molar-refractivity contribution is 8.00. The zero-order valence-electron chi connectivity index (χ0n) is 13.7. The van der Waals surface area contributed by atoms with Crippen LogP contribution in [-0.4, -0.2) is 21.0 Å². The number of carboxylic acids is 1. The lowest BCUT2D eigenvalue weighted by atomic mass is 10.1. The SMILES string of the molecule is O=C(O)c1ccc(NSc2csc(-c3ccc(F)cc3)n2)c2ncccc12. The zero-order chi connectivity index (χ0) is 18.8. The number of carboxylic acid groups (broad SMARTS) is 1. The average Bonchev–Trinajstić information content (AvgIpc) is 3.15. The Morgan fingerprint density at radius 1 is 1.15 bits per heavy atom. The van der Waals surface area contributed by atoms with Crippen LogP contribution < -0.4 is 4.72 Å². The first kappa shape index (κ1) is 17.4. The number of nitrogens with zero attached hydrogens (tertiary/aromatic N) is 2. The normalized spacial score (nSPS) is 10.9. The number of pyridine rings is 1. The lowest BCUT2D eigenvalue weighted by Gasteiger charge is -2.09. The second-order valence-electron chi connectivity index (χ2n) is 5.57. The van der Waals surface area contributed by atoms with Gasteiger partial charge in [0.2, 0.25) is 0 Å². The van der Waals surface area contributed by atoms with Crippen molar-refractivity contribution < 1.29 is 14.3 Å². The van der Waals surface area contributed by atoms with Crippen molar-refractivity contribution in [2.24, 2.45) is 0 Å². The Kier molecular flexibility index (Phi) is 4.74. The van der Waals surface area contributed by atoms with Gasteiger partial charge in [0.15, 0.2) is 0 Å². The number of carbonyl (C=O) groups is 1. The molecule has 0 aliphatic heterocycles. The molecular formula is C19H12FN3O2S2. The van der Waals surface area contributed by atoms with E-state index in [9.17, 15) is 14.3 Å². The van der Waals surface area contributed by atoms with Gasteiger partial charge in [0, 0.05) is 34.5 Å². The number of rotatable bonds is 5. The Labute approximate surface area is 162 Å². The van der Waals surface area contributed by atoms with Gasteiger partial charge in [-0.25, -0.2) is 14.2 Å². The van der Waals surface area contributed by atoms with Crippen LogP contribution >= 0.6 is 23.3 Å². The Balaban J connectivity index is 1.57. The maximum Gasteiger partial charge on any atom is 0.336 e. The fourth-order valence-electron chi connectivity index (χ4n) is 2.58. The number of aromatic carboxylic acids is 1. The molecule has 4 rings (SSSR count). The maximum atomic E-state index is 13.0. The third kappa shape index (κ3) is 3.62. The third-order valence-corrected chi connectivity index (χ3v) is 5.62. The van der Waals surface area contributed by atoms with Crippen LogP contribution in [-0.2, 0) is 0 Å². The number of fused-ring (bicyclic) bond motifs is 1. The number of hydrogen-bond acceptors (Lipinski definition) is 6. The van der Waals surface area contributed by atoms with Crippen LogP contribution in [0.4, 0.5) is 10.1 Å². The van der Waals surface area contributed by atoms with Gasteiger partial charge in [-0.3, -0.25) is 4.98 Å². The quantitative estimate of drug-likeness (QED) is 0.444. The summed E-state index contributed by atoms with van der Waals surface area (Å²) in [6.45, 7) is 0. The van der Waals surface area contributed by atoms with E-state index in [0.29, 0.717) is 16.6 Å². The molecule has 0 fully saturated rings. The van der Waals surface area contributed by atoms with Crippen molar-refractivity contribution >= 4 is 45.8 Å². The van der Waals surface area contributed by atoms with Crippen molar-refractivity contribution in [2.45, 2.75) is 5.03 Å². The van der Waals surface area contributed by atoms with Gasteiger partial charge < -0.3 is 9.83 Å². The largest absolute Gasteiger partial charge is 0.478 e. The summed E-state index contributed by atoms with van der Waals surface area (Å²) in [4.78, 5) is 20.2. The number of benzene rings is 2. The van der Waals surface area contributed by atoms with Crippen LogP contribution in [0.15, 0.2) is 65.1 Å². The molecule has 0 saturated carbocycles. The maximum absolute atomic E-state index is 13.0. The molecule has 4 aromatic rings. The standard InChI is InChI=1S/C19H12FN3O2S2/c20-12-5-3-11(4-6-12)18-22-16(10-26-18)27-23-15-8-7-14(19(24)25)13-2-1-9-21-17(13)15/h1-10,23H,(H,24,25). The lowest BCUT2D eigenvalue weighted by molar-refractivity contribution is 0.0699. The van der Waals surface area contributed by atoms with E-state index >= 15 is 0 Å². The van der Waals surface area contributed by atoms with E-state index in [1.54, 1.807) is 42.6 Å². The van der Waals surface area contributed by atoms with Crippen LogP contribution in [0.5, 0.6) is 0 Å². The minimum Gasteiger partial charge on any atom is -0.478 e. The van der Waals surface area contributed by atoms with E-state index in [4.69, 9.17) is 0 Å². The molecule has 134 valence electrons. The fraction of sp³-hybridized carbons (Fsp3) is 0. The molecule has 0 unspecified atom stereocenters. The van der Waals surface area contributed by atoms with Gasteiger partial charge in [-0.1, -0.05) is 6.07 Å². The second kappa shape index (κ2) is 7.34. The number of anilines is 1. The molecular weight excluding hydrogens is 385 g/mol. The minimum absolute atomic E-state index is 0.209. The molecule has 0 amide bonds. The predicted molar refractivity (Wildman–Crippen MR) is 106 cm³/mol. The van der Waals surface area contributed by atoms with Gasteiger partial charge in [-0.2, -0.15) is 0 Å². The molecule has 8 heteroatoms. The molecule has 2 aromatic heterocycles. The van der Waals surface area contributed by atoms with Crippen LogP contribution in [0.3, 0.4) is 0 Å². The number of hydrogen-bond donors (Lipinski definition) is 2. The summed E-state index contributed by atoms with van der Waals surface area (Å²) in [6.07, 6.45) is 1.62. The molecule has 2 N–H and O–H groups in total. The van der Waals surface area contributed by atoms with E-state index in [1.165, 1.54) is 35.4 Å². The molecule has 0 aliphatic carbocycles. The number of nitrogens with one attached hydrogen (secondary N) is 1. The monoisotopic (exact) mass is 397 g/mol. The minimum atomic E-state index is -0.990. The fourth-order valence-corrected chi connectivity index (χ4v) is 4.18. The van der Waals surface area contributed by atoms with Crippen molar-refractivity contribution in [3.8, 4) is 10.6 Å². The van der Waals surface area contributed by atoms with E-state index in [0.717, 1.165) is 15.6 Å². The van der Waals surface area contributed by atoms with Crippen molar-refractivity contribution in [3.05, 3.63) is 71.5 Å². The number of halogens is 1. The molecule has 27 heavy (non-hydrogen) atoms. The van der Waals surface area contributed by atoms with E-state index in [2.05, 4.69) is 14.7 Å². The molecule has 0 spiro atoms. The van der Waals surface area contributed by atoms with Gasteiger partial charge >= 0.3 is 5.97 Å². The lowest BCUT2D eigenvalue weighted by Crippen LogP contribution is -2.00. The summed E-state index contributed by atoms with van der Waals surface area (Å²) in [6, 6.07) is 12.9. The molecule has 5 nitrogen and oxygen atoms in total. The number of thiazole rings is 1. The highest BCUT2D eigenvalue weighted by Crippen LogP contribution is 2.31. The van der Waals surface area contributed by atoms with Gasteiger partial charge in [-0.15, -0.1) is 11.3 Å². The number of aromatic nitrogens is 2. The summed E-state index contributed by atoms with van der Waals surface area (Å²) in [5, 5.41) is 13.3. The molecule has 2 heterocycles. The van der Waals surface area contributed by atoms with E-state index in [1.807, 2.05) is 5.38 Å². The first-order chi connectivity index (χ1) is 13.1. The highest BCUT2D eigenvalue weighted by atomic mass is 32.2. The van der Waals surface area contributed by atoms with Crippen molar-refractivity contribution in [1.82, 2.24) is 9.97 Å². The smallest absolute Gasteiger partial charge is 0.336 e. The van der Waals surface area contributed by atoms with E-state index in [-0.39, 0.29) is 11.4 Å². The first-order valence-corrected chi connectivity index (χ1v) is 9.57. The van der Waals surface area contributed by atoms with Crippen LogP contribution in [0.2, 0.25) is 0 Å². The summed E-state index contributed by atoms with van der Waals surface area (Å²) in [5.41, 5.74) is 2.35. The Morgan fingerprint density at radius 3 is 2.74 bits per heavy atom. The molecule has 0 bridgehead atoms. The molecule has 0 radical (unpaired) electrons. The van der Waals surface area contributed by atoms with Crippen LogP contribution in [0.25, 0.3) is 21.5 Å². The van der Waals surface area contributed by atoms with Gasteiger partial charge in [0.25, 0.3) is 0 Å². The summed E-state index contributed by atoms with van der Waals surface area (Å²) in [5.74, 6) is -1.27. The van der Waals surface area contributed by atoms with Crippen LogP contribution in [0, 0.1) is 5.82 Å². The predicted octanol–water partition coefficient (Wildman–Crippen LogP) is 5.31. The summed E-state index contributed by atoms with van der Waals surface area (Å²) < 4.78 is 16.2. The van der Waals surface area contributed by atoms with Crippen molar-refractivity contribution in [2.75, 3.05) is 4.72 Å². The topological polar surface area (TPSA) is 75.1 Å². The molecule has 0 aliphatic rings. The summed E-state index contributed by atoms with van der Waals surface area (Å²) >= 11 is 2.77. The van der Waals surface area contributed by atoms with Crippen LogP contribution in [0.1, 0.15) is 10.4 Å². The molecule has 2 aromatic carbocycles. The van der Waals surface area contributed by atoms with Gasteiger partial charge in [0.1, 0.15) is 15.9 Å². The van der Waals surface area contributed by atoms with Crippen molar-refractivity contribution in [1.29, 1.82) is 0 Å². The highest BCUT2D eigenvalue weighted by Gasteiger charge is 2.13. The first-order valence-electron chi connectivity index (χ1n) is 7.87. The van der Waals surface area contributed by atoms with E-state index < -0.39 is 5.97 Å². The third-order valence-electron chi connectivity index (χ3n) is 3.84.